The molecule has 1 atom stereocenters. The van der Waals surface area contributed by atoms with Crippen molar-refractivity contribution in [3.8, 4) is 6.07 Å². The molecule has 0 bridgehead atoms. The molecule has 0 aliphatic carbocycles. The number of anilines is 2. The topological polar surface area (TPSA) is 46.4 Å². The second-order valence-electron chi connectivity index (χ2n) is 7.12. The van der Waals surface area contributed by atoms with E-state index in [0.717, 1.165) is 45.1 Å². The van der Waals surface area contributed by atoms with E-state index in [2.05, 4.69) is 56.1 Å². The van der Waals surface area contributed by atoms with Crippen molar-refractivity contribution >= 4 is 11.5 Å². The highest BCUT2D eigenvalue weighted by Gasteiger charge is 2.28. The highest BCUT2D eigenvalue weighted by molar-refractivity contribution is 5.46. The zero-order valence-corrected chi connectivity index (χ0v) is 15.1. The van der Waals surface area contributed by atoms with Crippen LogP contribution in [0.3, 0.4) is 0 Å². The maximum absolute atomic E-state index is 8.94. The average Bonchev–Trinajstić information content (AvgIpc) is 2.75. The van der Waals surface area contributed by atoms with Gasteiger partial charge < -0.3 is 9.80 Å². The predicted molar refractivity (Wildman–Crippen MR) is 104 cm³/mol. The Hall–Kier alpha value is -2.58. The van der Waals surface area contributed by atoms with Crippen LogP contribution in [-0.4, -0.2) is 55.2 Å². The number of hydrogen-bond donors (Lipinski definition) is 0. The van der Waals surface area contributed by atoms with Crippen molar-refractivity contribution in [2.75, 3.05) is 49.1 Å². The first-order chi connectivity index (χ1) is 12.8. The van der Waals surface area contributed by atoms with E-state index in [1.807, 2.05) is 12.1 Å². The van der Waals surface area contributed by atoms with Crippen molar-refractivity contribution in [2.45, 2.75) is 18.9 Å². The summed E-state index contributed by atoms with van der Waals surface area (Å²) in [5, 5.41) is 8.94. The van der Waals surface area contributed by atoms with Gasteiger partial charge in [-0.05, 0) is 37.1 Å². The third kappa shape index (κ3) is 3.66. The minimum absolute atomic E-state index is 0.596. The molecule has 0 amide bonds. The van der Waals surface area contributed by atoms with Gasteiger partial charge in [0.05, 0.1) is 5.56 Å². The number of rotatable bonds is 3. The molecular weight excluding hydrogens is 322 g/mol. The summed E-state index contributed by atoms with van der Waals surface area (Å²) in [6.07, 6.45) is 4.14. The van der Waals surface area contributed by atoms with Crippen molar-refractivity contribution < 1.29 is 0 Å². The van der Waals surface area contributed by atoms with Gasteiger partial charge in [0, 0.05) is 57.2 Å². The van der Waals surface area contributed by atoms with Crippen LogP contribution in [0.25, 0.3) is 0 Å². The van der Waals surface area contributed by atoms with Crippen molar-refractivity contribution in [3.05, 3.63) is 54.2 Å². The minimum atomic E-state index is 0.596. The molecule has 0 spiro atoms. The molecule has 0 radical (unpaired) electrons. The molecule has 0 saturated carbocycles. The van der Waals surface area contributed by atoms with E-state index in [-0.39, 0.29) is 0 Å². The fraction of sp³-hybridized carbons (Fsp3) is 0.429. The van der Waals surface area contributed by atoms with Crippen molar-refractivity contribution in [2.24, 2.45) is 0 Å². The third-order valence-corrected chi connectivity index (χ3v) is 5.55. The van der Waals surface area contributed by atoms with Crippen LogP contribution in [0.2, 0.25) is 0 Å². The number of hydrogen-bond acceptors (Lipinski definition) is 5. The number of aromatic nitrogens is 1. The zero-order chi connectivity index (χ0) is 17.8. The molecule has 134 valence electrons. The molecular formula is C21H25N5. The summed E-state index contributed by atoms with van der Waals surface area (Å²) >= 11 is 0. The van der Waals surface area contributed by atoms with Gasteiger partial charge in [0.2, 0.25) is 0 Å². The molecule has 2 fully saturated rings. The zero-order valence-electron chi connectivity index (χ0n) is 15.1. The molecule has 0 unspecified atom stereocenters. The number of benzene rings is 1. The van der Waals surface area contributed by atoms with Crippen LogP contribution < -0.4 is 9.80 Å². The Kier molecular flexibility index (Phi) is 5.03. The first-order valence-corrected chi connectivity index (χ1v) is 9.48. The molecule has 2 aromatic rings. The van der Waals surface area contributed by atoms with Gasteiger partial charge in [0.1, 0.15) is 11.9 Å². The molecule has 0 N–H and O–H groups in total. The molecule has 3 heterocycles. The van der Waals surface area contributed by atoms with Crippen LogP contribution in [0.15, 0.2) is 48.7 Å². The molecule has 4 rings (SSSR count). The summed E-state index contributed by atoms with van der Waals surface area (Å²) in [7, 11) is 0. The third-order valence-electron chi connectivity index (χ3n) is 5.55. The smallest absolute Gasteiger partial charge is 0.128 e. The maximum Gasteiger partial charge on any atom is 0.128 e. The number of piperazine rings is 1. The van der Waals surface area contributed by atoms with E-state index >= 15 is 0 Å². The number of para-hydroxylation sites is 1. The van der Waals surface area contributed by atoms with E-state index in [0.29, 0.717) is 11.6 Å². The highest BCUT2D eigenvalue weighted by atomic mass is 15.3. The van der Waals surface area contributed by atoms with Gasteiger partial charge in [-0.1, -0.05) is 18.2 Å². The largest absolute Gasteiger partial charge is 0.369 e. The van der Waals surface area contributed by atoms with E-state index in [1.54, 1.807) is 6.20 Å². The molecule has 5 heteroatoms. The van der Waals surface area contributed by atoms with Crippen LogP contribution in [-0.2, 0) is 0 Å². The molecule has 26 heavy (non-hydrogen) atoms. The maximum atomic E-state index is 8.94. The Labute approximate surface area is 155 Å². The van der Waals surface area contributed by atoms with Crippen LogP contribution in [0.4, 0.5) is 11.5 Å². The molecule has 5 nitrogen and oxygen atoms in total. The Morgan fingerprint density at radius 3 is 2.42 bits per heavy atom. The molecule has 1 aromatic heterocycles. The normalized spacial score (nSPS) is 21.4. The first kappa shape index (κ1) is 16.9. The van der Waals surface area contributed by atoms with Crippen LogP contribution >= 0.6 is 0 Å². The van der Waals surface area contributed by atoms with Crippen LogP contribution in [0, 0.1) is 11.3 Å². The standard InChI is InChI=1S/C21H25N5/c22-15-18-8-9-21(23-16-18)26-10-4-7-20(17-26)25-13-11-24(12-14-25)19-5-2-1-3-6-19/h1-3,5-6,8-9,16,20H,4,7,10-14,17H2/t20-/m0/s1. The Balaban J connectivity index is 1.36. The first-order valence-electron chi connectivity index (χ1n) is 9.48. The van der Waals surface area contributed by atoms with E-state index in [1.165, 1.54) is 18.5 Å². The fourth-order valence-corrected chi connectivity index (χ4v) is 4.08. The quantitative estimate of drug-likeness (QED) is 0.854. The molecule has 2 aliphatic rings. The van der Waals surface area contributed by atoms with Gasteiger partial charge in [0.15, 0.2) is 0 Å². The summed E-state index contributed by atoms with van der Waals surface area (Å²) < 4.78 is 0. The van der Waals surface area contributed by atoms with Crippen LogP contribution in [0.5, 0.6) is 0 Å². The molecule has 2 saturated heterocycles. The van der Waals surface area contributed by atoms with Gasteiger partial charge in [0.25, 0.3) is 0 Å². The molecule has 2 aliphatic heterocycles. The second kappa shape index (κ2) is 7.76. The van der Waals surface area contributed by atoms with Crippen molar-refractivity contribution in [3.63, 3.8) is 0 Å². The predicted octanol–water partition coefficient (Wildman–Crippen LogP) is 2.74. The lowest BCUT2D eigenvalue weighted by Crippen LogP contribution is -2.55. The summed E-state index contributed by atoms with van der Waals surface area (Å²) in [6.45, 7) is 6.51. The van der Waals surface area contributed by atoms with Crippen molar-refractivity contribution in [1.29, 1.82) is 5.26 Å². The van der Waals surface area contributed by atoms with Crippen LogP contribution in [0.1, 0.15) is 18.4 Å². The number of pyridine rings is 1. The van der Waals surface area contributed by atoms with Gasteiger partial charge in [-0.15, -0.1) is 0 Å². The molecule has 1 aromatic carbocycles. The Morgan fingerprint density at radius 1 is 0.923 bits per heavy atom. The number of nitrogens with zero attached hydrogens (tertiary/aromatic N) is 5. The lowest BCUT2D eigenvalue weighted by atomic mass is 10.0. The van der Waals surface area contributed by atoms with E-state index in [9.17, 15) is 0 Å². The number of nitriles is 1. The summed E-state index contributed by atoms with van der Waals surface area (Å²) in [4.78, 5) is 12.0. The van der Waals surface area contributed by atoms with Gasteiger partial charge in [-0.25, -0.2) is 4.98 Å². The van der Waals surface area contributed by atoms with Crippen molar-refractivity contribution in [1.82, 2.24) is 9.88 Å². The van der Waals surface area contributed by atoms with Gasteiger partial charge in [-0.3, -0.25) is 4.90 Å². The Bertz CT molecular complexity index is 744. The Morgan fingerprint density at radius 2 is 1.73 bits per heavy atom. The summed E-state index contributed by atoms with van der Waals surface area (Å²) in [5.74, 6) is 0.997. The highest BCUT2D eigenvalue weighted by Crippen LogP contribution is 2.23. The van der Waals surface area contributed by atoms with Gasteiger partial charge in [-0.2, -0.15) is 5.26 Å². The van der Waals surface area contributed by atoms with E-state index < -0.39 is 0 Å². The summed E-state index contributed by atoms with van der Waals surface area (Å²) in [5.41, 5.74) is 1.96. The monoisotopic (exact) mass is 347 g/mol. The average molecular weight is 347 g/mol. The SMILES string of the molecule is N#Cc1ccc(N2CCC[C@H](N3CCN(c4ccccc4)CC3)C2)nc1. The lowest BCUT2D eigenvalue weighted by Gasteiger charge is -2.44. The van der Waals surface area contributed by atoms with E-state index in [4.69, 9.17) is 5.26 Å². The minimum Gasteiger partial charge on any atom is -0.369 e. The van der Waals surface area contributed by atoms with Gasteiger partial charge >= 0.3 is 0 Å². The fourth-order valence-electron chi connectivity index (χ4n) is 4.08. The second-order valence-corrected chi connectivity index (χ2v) is 7.12. The lowest BCUT2D eigenvalue weighted by molar-refractivity contribution is 0.166. The number of piperidine rings is 1. The summed E-state index contributed by atoms with van der Waals surface area (Å²) in [6, 6.07) is 17.3.